The maximum Gasteiger partial charge on any atom is 0.0691 e. The zero-order valence-corrected chi connectivity index (χ0v) is 11.5. The highest BCUT2D eigenvalue weighted by Crippen LogP contribution is 2.24. The Labute approximate surface area is 102 Å². The molecule has 0 aliphatic carbocycles. The van der Waals surface area contributed by atoms with Gasteiger partial charge < -0.3 is 10.5 Å². The van der Waals surface area contributed by atoms with Gasteiger partial charge >= 0.3 is 0 Å². The first-order chi connectivity index (χ1) is 7.61. The van der Waals surface area contributed by atoms with E-state index in [1.165, 1.54) is 0 Å². The van der Waals surface area contributed by atoms with Gasteiger partial charge in [-0.05, 0) is 26.2 Å². The first kappa shape index (κ1) is 14.1. The Morgan fingerprint density at radius 2 is 2.19 bits per heavy atom. The third kappa shape index (κ3) is 3.28. The van der Waals surface area contributed by atoms with E-state index >= 15 is 0 Å². The molecule has 1 heterocycles. The Bertz CT molecular complexity index is 235. The molecule has 16 heavy (non-hydrogen) atoms. The van der Waals surface area contributed by atoms with Crippen LogP contribution in [0.5, 0.6) is 0 Å². The van der Waals surface area contributed by atoms with Gasteiger partial charge in [-0.2, -0.15) is 0 Å². The third-order valence-electron chi connectivity index (χ3n) is 3.41. The van der Waals surface area contributed by atoms with Gasteiger partial charge in [0.15, 0.2) is 0 Å². The van der Waals surface area contributed by atoms with Crippen LogP contribution >= 0.6 is 0 Å². The van der Waals surface area contributed by atoms with E-state index in [0.29, 0.717) is 0 Å². The van der Waals surface area contributed by atoms with E-state index in [4.69, 9.17) is 10.5 Å². The maximum atomic E-state index is 12.5. The number of rotatable bonds is 6. The Balaban J connectivity index is 2.61. The lowest BCUT2D eigenvalue weighted by Crippen LogP contribution is -2.42. The molecule has 2 N–H and O–H groups in total. The summed E-state index contributed by atoms with van der Waals surface area (Å²) in [5.41, 5.74) is 6.12. The van der Waals surface area contributed by atoms with Crippen LogP contribution in [-0.2, 0) is 15.5 Å². The van der Waals surface area contributed by atoms with E-state index in [-0.39, 0.29) is 22.6 Å². The number of nitrogens with two attached hydrogens (primary N) is 1. The second-order valence-corrected chi connectivity index (χ2v) is 6.50. The molecule has 0 radical (unpaired) electrons. The largest absolute Gasteiger partial charge is 0.377 e. The zero-order valence-electron chi connectivity index (χ0n) is 10.6. The summed E-state index contributed by atoms with van der Waals surface area (Å²) in [6.45, 7) is 6.97. The van der Waals surface area contributed by atoms with Crippen molar-refractivity contribution >= 4 is 10.8 Å². The van der Waals surface area contributed by atoms with Crippen LogP contribution in [0.4, 0.5) is 0 Å². The van der Waals surface area contributed by atoms with Crippen LogP contribution in [-0.4, -0.2) is 33.5 Å². The summed E-state index contributed by atoms with van der Waals surface area (Å²) >= 11 is 0. The molecule has 5 atom stereocenters. The normalized spacial score (nSPS) is 31.2. The van der Waals surface area contributed by atoms with Gasteiger partial charge in [-0.1, -0.05) is 20.3 Å². The fourth-order valence-corrected chi connectivity index (χ4v) is 4.44. The van der Waals surface area contributed by atoms with Crippen LogP contribution in [0.25, 0.3) is 0 Å². The first-order valence-corrected chi connectivity index (χ1v) is 7.65. The summed E-state index contributed by atoms with van der Waals surface area (Å²) < 4.78 is 17.9. The van der Waals surface area contributed by atoms with Gasteiger partial charge in [0.1, 0.15) is 0 Å². The lowest BCUT2D eigenvalue weighted by Gasteiger charge is -2.26. The molecule has 1 rings (SSSR count). The van der Waals surface area contributed by atoms with Crippen molar-refractivity contribution in [1.82, 2.24) is 0 Å². The molecular weight excluding hydrogens is 222 g/mol. The molecule has 3 nitrogen and oxygen atoms in total. The van der Waals surface area contributed by atoms with Crippen molar-refractivity contribution in [3.8, 4) is 0 Å². The van der Waals surface area contributed by atoms with Crippen LogP contribution in [0, 0.1) is 0 Å². The van der Waals surface area contributed by atoms with Crippen LogP contribution in [0.15, 0.2) is 0 Å². The van der Waals surface area contributed by atoms with Crippen molar-refractivity contribution in [2.24, 2.45) is 5.73 Å². The highest BCUT2D eigenvalue weighted by molar-refractivity contribution is 7.86. The molecule has 0 aromatic rings. The van der Waals surface area contributed by atoms with Gasteiger partial charge in [0, 0.05) is 28.7 Å². The van der Waals surface area contributed by atoms with E-state index in [1.807, 2.05) is 6.92 Å². The van der Waals surface area contributed by atoms with E-state index in [1.54, 1.807) is 0 Å². The number of hydrogen-bond donors (Lipinski definition) is 1. The minimum absolute atomic E-state index is 0.0728. The Kier molecular flexibility index (Phi) is 5.94. The molecule has 1 fully saturated rings. The van der Waals surface area contributed by atoms with Crippen molar-refractivity contribution in [2.45, 2.75) is 69.1 Å². The molecule has 5 unspecified atom stereocenters. The van der Waals surface area contributed by atoms with Crippen LogP contribution in [0.2, 0.25) is 0 Å². The molecular formula is C12H25NO2S. The molecule has 4 heteroatoms. The van der Waals surface area contributed by atoms with Gasteiger partial charge in [0.25, 0.3) is 0 Å². The van der Waals surface area contributed by atoms with Crippen molar-refractivity contribution in [1.29, 1.82) is 0 Å². The maximum absolute atomic E-state index is 12.5. The summed E-state index contributed by atoms with van der Waals surface area (Å²) in [7, 11) is -0.845. The predicted octanol–water partition coefficient (Wildman–Crippen LogP) is 1.82. The SMILES string of the molecule is CCCC(N)C(CC)S(=O)C1CCOC1C. The second-order valence-electron chi connectivity index (χ2n) is 4.63. The Hall–Kier alpha value is 0.0700. The summed E-state index contributed by atoms with van der Waals surface area (Å²) in [4.78, 5) is 0. The molecule has 0 spiro atoms. The number of ether oxygens (including phenoxy) is 1. The monoisotopic (exact) mass is 247 g/mol. The smallest absolute Gasteiger partial charge is 0.0691 e. The lowest BCUT2D eigenvalue weighted by molar-refractivity contribution is 0.126. The van der Waals surface area contributed by atoms with Gasteiger partial charge in [0.05, 0.1) is 11.4 Å². The lowest BCUT2D eigenvalue weighted by atomic mass is 10.1. The van der Waals surface area contributed by atoms with Gasteiger partial charge in [0.2, 0.25) is 0 Å². The van der Waals surface area contributed by atoms with Crippen molar-refractivity contribution < 1.29 is 8.95 Å². The Morgan fingerprint density at radius 3 is 2.62 bits per heavy atom. The topological polar surface area (TPSA) is 52.3 Å². The molecule has 0 aromatic heterocycles. The standard InChI is InChI=1S/C12H25NO2S/c1-4-6-10(13)11(5-2)16(14)12-7-8-15-9(12)3/h9-12H,4-8,13H2,1-3H3. The summed E-state index contributed by atoms with van der Waals surface area (Å²) in [5, 5.41) is 0.321. The minimum atomic E-state index is -0.845. The number of hydrogen-bond acceptors (Lipinski definition) is 3. The van der Waals surface area contributed by atoms with Crippen molar-refractivity contribution in [2.75, 3.05) is 6.61 Å². The van der Waals surface area contributed by atoms with Crippen LogP contribution in [0.3, 0.4) is 0 Å². The van der Waals surface area contributed by atoms with Gasteiger partial charge in [-0.25, -0.2) is 0 Å². The molecule has 0 saturated carbocycles. The second kappa shape index (κ2) is 6.72. The summed E-state index contributed by atoms with van der Waals surface area (Å²) in [6, 6.07) is 0.0728. The van der Waals surface area contributed by atoms with Crippen molar-refractivity contribution in [3.05, 3.63) is 0 Å². The van der Waals surface area contributed by atoms with E-state index in [9.17, 15) is 4.21 Å². The Morgan fingerprint density at radius 1 is 1.50 bits per heavy atom. The quantitative estimate of drug-likeness (QED) is 0.779. The molecule has 0 amide bonds. The van der Waals surface area contributed by atoms with Crippen molar-refractivity contribution in [3.63, 3.8) is 0 Å². The van der Waals surface area contributed by atoms with E-state index in [0.717, 1.165) is 32.3 Å². The molecule has 96 valence electrons. The molecule has 1 aliphatic heterocycles. The molecule has 0 aromatic carbocycles. The molecule has 1 aliphatic rings. The van der Waals surface area contributed by atoms with E-state index in [2.05, 4.69) is 13.8 Å². The van der Waals surface area contributed by atoms with E-state index < -0.39 is 10.8 Å². The minimum Gasteiger partial charge on any atom is -0.377 e. The average molecular weight is 247 g/mol. The highest BCUT2D eigenvalue weighted by Gasteiger charge is 2.35. The van der Waals surface area contributed by atoms with Gasteiger partial charge in [-0.3, -0.25) is 4.21 Å². The average Bonchev–Trinajstić information content (AvgIpc) is 2.65. The fraction of sp³-hybridized carbons (Fsp3) is 1.00. The predicted molar refractivity (Wildman–Crippen MR) is 68.9 cm³/mol. The van der Waals surface area contributed by atoms with Gasteiger partial charge in [-0.15, -0.1) is 0 Å². The molecule has 1 saturated heterocycles. The zero-order chi connectivity index (χ0) is 12.1. The fourth-order valence-electron chi connectivity index (χ4n) is 2.40. The first-order valence-electron chi connectivity index (χ1n) is 6.38. The summed E-state index contributed by atoms with van der Waals surface area (Å²) in [5.74, 6) is 0. The molecule has 0 bridgehead atoms. The van der Waals surface area contributed by atoms with Crippen LogP contribution < -0.4 is 5.73 Å². The summed E-state index contributed by atoms with van der Waals surface area (Å²) in [6.07, 6.45) is 3.97. The third-order valence-corrected chi connectivity index (χ3v) is 5.90. The van der Waals surface area contributed by atoms with Crippen LogP contribution in [0.1, 0.15) is 46.5 Å². The highest BCUT2D eigenvalue weighted by atomic mass is 32.2.